The summed E-state index contributed by atoms with van der Waals surface area (Å²) in [5.41, 5.74) is 6.73. The highest BCUT2D eigenvalue weighted by atomic mass is 16.2. The first-order valence-corrected chi connectivity index (χ1v) is 12.8. The average Bonchev–Trinajstić information content (AvgIpc) is 3.28. The Kier molecular flexibility index (Phi) is 6.52. The maximum atomic E-state index is 13.4. The Bertz CT molecular complexity index is 1280. The van der Waals surface area contributed by atoms with Gasteiger partial charge in [-0.15, -0.1) is 0 Å². The highest BCUT2D eigenvalue weighted by Gasteiger charge is 2.28. The van der Waals surface area contributed by atoms with Crippen molar-refractivity contribution in [2.45, 2.75) is 46.5 Å². The van der Waals surface area contributed by atoms with Crippen molar-refractivity contribution < 1.29 is 9.59 Å². The summed E-state index contributed by atoms with van der Waals surface area (Å²) in [6, 6.07) is 17.5. The molecule has 0 aliphatic carbocycles. The van der Waals surface area contributed by atoms with E-state index in [2.05, 4.69) is 42.0 Å². The third-order valence-electron chi connectivity index (χ3n) is 7.45. The monoisotopic (exact) mass is 482 g/mol. The third kappa shape index (κ3) is 5.13. The van der Waals surface area contributed by atoms with Crippen molar-refractivity contribution in [2.24, 2.45) is 5.41 Å². The van der Waals surface area contributed by atoms with E-state index in [1.165, 1.54) is 0 Å². The standard InChI is InChI=1S/C30H34N4O2/c1-21-7-9-25(27(18-21)33-16-12-30(2,3)13-17-33)29(36)32-24-8-10-26-22(19-24)11-15-34(26)28(35)20-23-6-4-5-14-31-23/h4-10,14,18-19H,11-13,15-17,20H2,1-3H3,(H,32,36). The molecule has 186 valence electrons. The minimum absolute atomic E-state index is 0.0400. The molecule has 3 heterocycles. The number of rotatable bonds is 5. The van der Waals surface area contributed by atoms with Gasteiger partial charge in [-0.1, -0.05) is 26.0 Å². The van der Waals surface area contributed by atoms with E-state index in [-0.39, 0.29) is 18.2 Å². The molecule has 1 fully saturated rings. The van der Waals surface area contributed by atoms with Gasteiger partial charge in [0.15, 0.2) is 0 Å². The van der Waals surface area contributed by atoms with Crippen LogP contribution in [0.25, 0.3) is 0 Å². The van der Waals surface area contributed by atoms with Gasteiger partial charge in [0.05, 0.1) is 12.0 Å². The minimum atomic E-state index is -0.101. The maximum Gasteiger partial charge on any atom is 0.257 e. The Morgan fingerprint density at radius 1 is 0.972 bits per heavy atom. The number of pyridine rings is 1. The number of carbonyl (C=O) groups excluding carboxylic acids is 2. The van der Waals surface area contributed by atoms with E-state index in [4.69, 9.17) is 0 Å². The van der Waals surface area contributed by atoms with Crippen molar-refractivity contribution in [3.8, 4) is 0 Å². The number of aryl methyl sites for hydroxylation is 1. The summed E-state index contributed by atoms with van der Waals surface area (Å²) < 4.78 is 0. The molecule has 6 nitrogen and oxygen atoms in total. The molecule has 36 heavy (non-hydrogen) atoms. The van der Waals surface area contributed by atoms with Gasteiger partial charge in [-0.05, 0) is 85.2 Å². The Morgan fingerprint density at radius 3 is 2.53 bits per heavy atom. The molecule has 0 atom stereocenters. The molecule has 1 N–H and O–H groups in total. The molecule has 0 spiro atoms. The molecule has 2 amide bonds. The van der Waals surface area contributed by atoms with Crippen LogP contribution in [0.3, 0.4) is 0 Å². The van der Waals surface area contributed by atoms with E-state index in [1.54, 1.807) is 6.20 Å². The second-order valence-electron chi connectivity index (χ2n) is 10.8. The molecular weight excluding hydrogens is 448 g/mol. The van der Waals surface area contributed by atoms with Gasteiger partial charge in [0.1, 0.15) is 0 Å². The van der Waals surface area contributed by atoms with Crippen molar-refractivity contribution in [1.82, 2.24) is 4.98 Å². The second kappa shape index (κ2) is 9.76. The van der Waals surface area contributed by atoms with Crippen LogP contribution in [-0.4, -0.2) is 36.4 Å². The smallest absolute Gasteiger partial charge is 0.257 e. The summed E-state index contributed by atoms with van der Waals surface area (Å²) in [4.78, 5) is 34.7. The lowest BCUT2D eigenvalue weighted by Gasteiger charge is -2.39. The molecule has 0 unspecified atom stereocenters. The zero-order chi connectivity index (χ0) is 25.3. The third-order valence-corrected chi connectivity index (χ3v) is 7.45. The summed E-state index contributed by atoms with van der Waals surface area (Å²) >= 11 is 0. The molecule has 5 rings (SSSR count). The summed E-state index contributed by atoms with van der Waals surface area (Å²) in [5.74, 6) is -0.0610. The topological polar surface area (TPSA) is 65.5 Å². The van der Waals surface area contributed by atoms with E-state index in [0.717, 1.165) is 66.2 Å². The Balaban J connectivity index is 1.30. The summed E-state index contributed by atoms with van der Waals surface area (Å²) in [6.45, 7) is 9.26. The molecule has 2 aliphatic rings. The molecule has 0 saturated carbocycles. The van der Waals surface area contributed by atoms with Gasteiger partial charge in [-0.3, -0.25) is 14.6 Å². The zero-order valence-electron chi connectivity index (χ0n) is 21.4. The lowest BCUT2D eigenvalue weighted by molar-refractivity contribution is -0.117. The van der Waals surface area contributed by atoms with Crippen LogP contribution in [0.15, 0.2) is 60.8 Å². The molecule has 6 heteroatoms. The molecule has 1 saturated heterocycles. The summed E-state index contributed by atoms with van der Waals surface area (Å²) in [5, 5.41) is 3.11. The maximum absolute atomic E-state index is 13.4. The molecular formula is C30H34N4O2. The number of amides is 2. The lowest BCUT2D eigenvalue weighted by Crippen LogP contribution is -2.38. The highest BCUT2D eigenvalue weighted by Crippen LogP contribution is 2.35. The number of nitrogens with one attached hydrogen (secondary N) is 1. The van der Waals surface area contributed by atoms with Crippen LogP contribution in [0.1, 0.15) is 53.9 Å². The largest absolute Gasteiger partial charge is 0.371 e. The van der Waals surface area contributed by atoms with E-state index in [0.29, 0.717) is 17.5 Å². The molecule has 0 bridgehead atoms. The Labute approximate surface area is 213 Å². The van der Waals surface area contributed by atoms with Crippen molar-refractivity contribution >= 4 is 28.9 Å². The fraction of sp³-hybridized carbons (Fsp3) is 0.367. The van der Waals surface area contributed by atoms with E-state index in [1.807, 2.05) is 53.4 Å². The number of nitrogens with zero attached hydrogens (tertiary/aromatic N) is 3. The van der Waals surface area contributed by atoms with Gasteiger partial charge in [0.25, 0.3) is 5.91 Å². The molecule has 1 aromatic heterocycles. The average molecular weight is 483 g/mol. The predicted octanol–water partition coefficient (Wildman–Crippen LogP) is 5.40. The number of hydrogen-bond acceptors (Lipinski definition) is 4. The minimum Gasteiger partial charge on any atom is -0.371 e. The fourth-order valence-corrected chi connectivity index (χ4v) is 5.14. The predicted molar refractivity (Wildman–Crippen MR) is 145 cm³/mol. The van der Waals surface area contributed by atoms with Crippen LogP contribution in [0.4, 0.5) is 17.1 Å². The molecule has 0 radical (unpaired) electrons. The normalized spacial score (nSPS) is 16.5. The van der Waals surface area contributed by atoms with Crippen LogP contribution in [-0.2, 0) is 17.6 Å². The van der Waals surface area contributed by atoms with Crippen molar-refractivity contribution in [1.29, 1.82) is 0 Å². The SMILES string of the molecule is Cc1ccc(C(=O)Nc2ccc3c(c2)CCN3C(=O)Cc2ccccn2)c(N2CCC(C)(C)CC2)c1. The first-order valence-electron chi connectivity index (χ1n) is 12.8. The van der Waals surface area contributed by atoms with Crippen LogP contribution in [0.5, 0.6) is 0 Å². The number of fused-ring (bicyclic) bond motifs is 1. The van der Waals surface area contributed by atoms with Crippen molar-refractivity contribution in [2.75, 3.05) is 34.8 Å². The first kappa shape index (κ1) is 24.0. The zero-order valence-corrected chi connectivity index (χ0v) is 21.4. The number of benzene rings is 2. The lowest BCUT2D eigenvalue weighted by atomic mass is 9.82. The van der Waals surface area contributed by atoms with Gasteiger partial charge in [0.2, 0.25) is 5.91 Å². The number of piperidine rings is 1. The van der Waals surface area contributed by atoms with Crippen LogP contribution in [0.2, 0.25) is 0 Å². The fourth-order valence-electron chi connectivity index (χ4n) is 5.14. The quantitative estimate of drug-likeness (QED) is 0.529. The second-order valence-corrected chi connectivity index (χ2v) is 10.8. The van der Waals surface area contributed by atoms with Gasteiger partial charge in [0, 0.05) is 48.6 Å². The van der Waals surface area contributed by atoms with Gasteiger partial charge >= 0.3 is 0 Å². The number of anilines is 3. The van der Waals surface area contributed by atoms with Crippen LogP contribution >= 0.6 is 0 Å². The van der Waals surface area contributed by atoms with Gasteiger partial charge in [-0.25, -0.2) is 0 Å². The summed E-state index contributed by atoms with van der Waals surface area (Å²) in [7, 11) is 0. The van der Waals surface area contributed by atoms with Gasteiger partial charge < -0.3 is 15.1 Å². The van der Waals surface area contributed by atoms with E-state index in [9.17, 15) is 9.59 Å². The number of carbonyl (C=O) groups is 2. The van der Waals surface area contributed by atoms with E-state index < -0.39 is 0 Å². The van der Waals surface area contributed by atoms with Crippen LogP contribution in [0, 0.1) is 12.3 Å². The summed E-state index contributed by atoms with van der Waals surface area (Å²) in [6.07, 6.45) is 4.99. The number of hydrogen-bond donors (Lipinski definition) is 1. The van der Waals surface area contributed by atoms with Crippen molar-refractivity contribution in [3.63, 3.8) is 0 Å². The number of aromatic nitrogens is 1. The van der Waals surface area contributed by atoms with Crippen LogP contribution < -0.4 is 15.1 Å². The van der Waals surface area contributed by atoms with Crippen molar-refractivity contribution in [3.05, 3.63) is 83.2 Å². The van der Waals surface area contributed by atoms with E-state index >= 15 is 0 Å². The highest BCUT2D eigenvalue weighted by molar-refractivity contribution is 6.08. The molecule has 2 aromatic carbocycles. The Hall–Kier alpha value is -3.67. The van der Waals surface area contributed by atoms with Gasteiger partial charge in [-0.2, -0.15) is 0 Å². The molecule has 2 aliphatic heterocycles. The Morgan fingerprint density at radius 2 is 1.78 bits per heavy atom. The molecule has 3 aromatic rings. The first-order chi connectivity index (χ1) is 17.3.